The SMILES string of the molecule is CN(C)C(=O)N1CCC2(CC1)OCCC2CCOCC1CCOCC1. The van der Waals surface area contributed by atoms with Crippen LogP contribution in [0.4, 0.5) is 4.79 Å². The number of likely N-dealkylation sites (tertiary alicyclic amines) is 1. The molecule has 1 unspecified atom stereocenters. The number of nitrogens with zero attached hydrogens (tertiary/aromatic N) is 2. The van der Waals surface area contributed by atoms with Gasteiger partial charge in [0.15, 0.2) is 0 Å². The van der Waals surface area contributed by atoms with E-state index in [9.17, 15) is 4.79 Å². The van der Waals surface area contributed by atoms with E-state index >= 15 is 0 Å². The second kappa shape index (κ2) is 8.69. The van der Waals surface area contributed by atoms with E-state index in [-0.39, 0.29) is 11.6 Å². The van der Waals surface area contributed by atoms with E-state index in [1.54, 1.807) is 4.90 Å². The fourth-order valence-electron chi connectivity index (χ4n) is 4.49. The highest BCUT2D eigenvalue weighted by atomic mass is 16.5. The Morgan fingerprint density at radius 3 is 2.56 bits per heavy atom. The highest BCUT2D eigenvalue weighted by molar-refractivity contribution is 5.73. The van der Waals surface area contributed by atoms with Crippen LogP contribution in [-0.4, -0.2) is 81.7 Å². The van der Waals surface area contributed by atoms with E-state index < -0.39 is 0 Å². The summed E-state index contributed by atoms with van der Waals surface area (Å²) in [5, 5.41) is 0. The van der Waals surface area contributed by atoms with Crippen LogP contribution in [0.5, 0.6) is 0 Å². The highest BCUT2D eigenvalue weighted by Crippen LogP contribution is 2.42. The minimum atomic E-state index is -0.0227. The first-order valence-corrected chi connectivity index (χ1v) is 9.86. The van der Waals surface area contributed by atoms with Gasteiger partial charge in [-0.2, -0.15) is 0 Å². The summed E-state index contributed by atoms with van der Waals surface area (Å²) in [6, 6.07) is 0.115. The monoisotopic (exact) mass is 354 g/mol. The van der Waals surface area contributed by atoms with Crippen LogP contribution in [0.2, 0.25) is 0 Å². The lowest BCUT2D eigenvalue weighted by atomic mass is 9.78. The average molecular weight is 354 g/mol. The van der Waals surface area contributed by atoms with E-state index in [0.717, 1.165) is 84.6 Å². The van der Waals surface area contributed by atoms with Crippen molar-refractivity contribution in [2.45, 2.75) is 44.1 Å². The van der Waals surface area contributed by atoms with Gasteiger partial charge in [0, 0.05) is 60.2 Å². The zero-order valence-electron chi connectivity index (χ0n) is 15.9. The third-order valence-corrected chi connectivity index (χ3v) is 6.17. The molecular weight excluding hydrogens is 320 g/mol. The predicted molar refractivity (Wildman–Crippen MR) is 95.7 cm³/mol. The van der Waals surface area contributed by atoms with Crippen molar-refractivity contribution in [3.8, 4) is 0 Å². The molecule has 0 saturated carbocycles. The molecule has 6 heteroatoms. The fraction of sp³-hybridized carbons (Fsp3) is 0.947. The topological polar surface area (TPSA) is 51.2 Å². The molecule has 1 atom stereocenters. The van der Waals surface area contributed by atoms with Crippen molar-refractivity contribution in [1.82, 2.24) is 9.80 Å². The normalized spacial score (nSPS) is 27.0. The Hall–Kier alpha value is -0.850. The van der Waals surface area contributed by atoms with Gasteiger partial charge in [-0.3, -0.25) is 0 Å². The molecule has 0 N–H and O–H groups in total. The summed E-state index contributed by atoms with van der Waals surface area (Å²) < 4.78 is 17.6. The molecule has 0 aromatic carbocycles. The van der Waals surface area contributed by atoms with Crippen molar-refractivity contribution in [2.75, 3.05) is 60.2 Å². The quantitative estimate of drug-likeness (QED) is 0.711. The van der Waals surface area contributed by atoms with E-state index in [1.807, 2.05) is 19.0 Å². The van der Waals surface area contributed by atoms with E-state index in [0.29, 0.717) is 11.8 Å². The molecule has 3 saturated heterocycles. The van der Waals surface area contributed by atoms with Crippen LogP contribution in [0.1, 0.15) is 38.5 Å². The number of rotatable bonds is 5. The third-order valence-electron chi connectivity index (χ3n) is 6.17. The van der Waals surface area contributed by atoms with Gasteiger partial charge >= 0.3 is 6.03 Å². The van der Waals surface area contributed by atoms with Crippen molar-refractivity contribution in [1.29, 1.82) is 0 Å². The van der Waals surface area contributed by atoms with Crippen molar-refractivity contribution in [3.05, 3.63) is 0 Å². The summed E-state index contributed by atoms with van der Waals surface area (Å²) in [6.45, 7) is 5.92. The summed E-state index contributed by atoms with van der Waals surface area (Å²) in [6.07, 6.45) is 6.37. The first kappa shape index (κ1) is 18.9. The number of carbonyl (C=O) groups is 1. The Morgan fingerprint density at radius 2 is 1.88 bits per heavy atom. The van der Waals surface area contributed by atoms with Crippen LogP contribution in [0.15, 0.2) is 0 Å². The molecule has 3 heterocycles. The minimum Gasteiger partial charge on any atom is -0.381 e. The Morgan fingerprint density at radius 1 is 1.16 bits per heavy atom. The van der Waals surface area contributed by atoms with Crippen LogP contribution in [0.25, 0.3) is 0 Å². The molecule has 6 nitrogen and oxygen atoms in total. The van der Waals surface area contributed by atoms with Crippen LogP contribution in [0, 0.1) is 11.8 Å². The van der Waals surface area contributed by atoms with Crippen molar-refractivity contribution in [3.63, 3.8) is 0 Å². The molecule has 3 aliphatic heterocycles. The lowest BCUT2D eigenvalue weighted by molar-refractivity contribution is -0.0679. The van der Waals surface area contributed by atoms with Gasteiger partial charge < -0.3 is 24.0 Å². The van der Waals surface area contributed by atoms with Gasteiger partial charge in [0.2, 0.25) is 0 Å². The molecule has 0 aromatic rings. The smallest absolute Gasteiger partial charge is 0.319 e. The van der Waals surface area contributed by atoms with Crippen LogP contribution < -0.4 is 0 Å². The molecule has 1 spiro atoms. The molecule has 2 amide bonds. The van der Waals surface area contributed by atoms with E-state index in [4.69, 9.17) is 14.2 Å². The maximum Gasteiger partial charge on any atom is 0.319 e. The Labute approximate surface area is 151 Å². The summed E-state index contributed by atoms with van der Waals surface area (Å²) >= 11 is 0. The molecule has 3 aliphatic rings. The first-order valence-electron chi connectivity index (χ1n) is 9.86. The van der Waals surface area contributed by atoms with E-state index in [2.05, 4.69) is 0 Å². The fourth-order valence-corrected chi connectivity index (χ4v) is 4.49. The average Bonchev–Trinajstić information content (AvgIpc) is 3.01. The number of hydrogen-bond acceptors (Lipinski definition) is 4. The van der Waals surface area contributed by atoms with E-state index in [1.165, 1.54) is 0 Å². The Balaban J connectivity index is 1.41. The van der Waals surface area contributed by atoms with Crippen molar-refractivity contribution in [2.24, 2.45) is 11.8 Å². The molecule has 0 bridgehead atoms. The molecule has 3 rings (SSSR count). The van der Waals surface area contributed by atoms with Crippen LogP contribution >= 0.6 is 0 Å². The van der Waals surface area contributed by atoms with Crippen molar-refractivity contribution < 1.29 is 19.0 Å². The molecule has 0 aliphatic carbocycles. The molecule has 0 radical (unpaired) electrons. The number of urea groups is 1. The van der Waals surface area contributed by atoms with Gasteiger partial charge in [-0.1, -0.05) is 0 Å². The maximum absolute atomic E-state index is 12.1. The second-order valence-electron chi connectivity index (χ2n) is 7.98. The number of ether oxygens (including phenoxy) is 3. The summed E-state index contributed by atoms with van der Waals surface area (Å²) in [5.74, 6) is 1.24. The second-order valence-corrected chi connectivity index (χ2v) is 7.98. The van der Waals surface area contributed by atoms with Gasteiger partial charge in [0.05, 0.1) is 5.60 Å². The molecule has 144 valence electrons. The van der Waals surface area contributed by atoms with Crippen LogP contribution in [-0.2, 0) is 14.2 Å². The summed E-state index contributed by atoms with van der Waals surface area (Å²) in [4.78, 5) is 15.7. The first-order chi connectivity index (χ1) is 12.1. The van der Waals surface area contributed by atoms with Gasteiger partial charge in [0.1, 0.15) is 0 Å². The number of carbonyl (C=O) groups excluding carboxylic acids is 1. The number of amides is 2. The maximum atomic E-state index is 12.1. The van der Waals surface area contributed by atoms with Gasteiger partial charge in [0.25, 0.3) is 0 Å². The summed E-state index contributed by atoms with van der Waals surface area (Å²) in [7, 11) is 3.63. The largest absolute Gasteiger partial charge is 0.381 e. The molecule has 0 aromatic heterocycles. The molecule has 3 fully saturated rings. The van der Waals surface area contributed by atoms with Crippen LogP contribution in [0.3, 0.4) is 0 Å². The lowest BCUT2D eigenvalue weighted by Crippen LogP contribution is -2.51. The van der Waals surface area contributed by atoms with Gasteiger partial charge in [-0.25, -0.2) is 4.79 Å². The van der Waals surface area contributed by atoms with Gasteiger partial charge in [-0.15, -0.1) is 0 Å². The molecular formula is C19H34N2O4. The number of hydrogen-bond donors (Lipinski definition) is 0. The standard InChI is InChI=1S/C19H34N2O4/c1-20(2)18(22)21-9-7-19(8-10-21)17(6-14-25-19)5-13-24-15-16-3-11-23-12-4-16/h16-17H,3-15H2,1-2H3. The Bertz CT molecular complexity index is 429. The minimum absolute atomic E-state index is 0.0227. The highest BCUT2D eigenvalue weighted by Gasteiger charge is 2.46. The molecule has 25 heavy (non-hydrogen) atoms. The zero-order valence-corrected chi connectivity index (χ0v) is 15.9. The zero-order chi connectivity index (χ0) is 17.7. The summed E-state index contributed by atoms with van der Waals surface area (Å²) in [5.41, 5.74) is -0.0227. The predicted octanol–water partition coefficient (Wildman–Crippen LogP) is 2.37. The third kappa shape index (κ3) is 4.66. The van der Waals surface area contributed by atoms with Gasteiger partial charge in [-0.05, 0) is 50.4 Å². The van der Waals surface area contributed by atoms with Crippen molar-refractivity contribution >= 4 is 6.03 Å². The number of piperidine rings is 1. The lowest BCUT2D eigenvalue weighted by Gasteiger charge is -2.42. The Kier molecular flexibility index (Phi) is 6.58.